The lowest BCUT2D eigenvalue weighted by Crippen LogP contribution is -2.29. The van der Waals surface area contributed by atoms with Crippen LogP contribution in [0.5, 0.6) is 5.88 Å². The first-order valence-electron chi connectivity index (χ1n) is 7.05. The van der Waals surface area contributed by atoms with Gasteiger partial charge in [-0.15, -0.1) is 0 Å². The molecule has 0 aliphatic rings. The molecule has 3 aromatic rings. The van der Waals surface area contributed by atoms with Crippen LogP contribution in [0, 0.1) is 0 Å². The summed E-state index contributed by atoms with van der Waals surface area (Å²) in [6.07, 6.45) is 0.707. The molecule has 0 amide bonds. The summed E-state index contributed by atoms with van der Waals surface area (Å²) in [5.41, 5.74) is 3.34. The van der Waals surface area contributed by atoms with E-state index in [2.05, 4.69) is 17.1 Å². The molecule has 1 aromatic heterocycles. The van der Waals surface area contributed by atoms with Crippen molar-refractivity contribution in [2.45, 2.75) is 6.42 Å². The third-order valence-electron chi connectivity index (χ3n) is 3.61. The third-order valence-corrected chi connectivity index (χ3v) is 3.61. The lowest BCUT2D eigenvalue weighted by atomic mass is 9.80. The van der Waals surface area contributed by atoms with E-state index in [-0.39, 0.29) is 0 Å². The van der Waals surface area contributed by atoms with Crippen molar-refractivity contribution in [3.05, 3.63) is 65.7 Å². The highest BCUT2D eigenvalue weighted by Crippen LogP contribution is 2.24. The first-order valence-corrected chi connectivity index (χ1v) is 7.05. The second-order valence-electron chi connectivity index (χ2n) is 5.14. The van der Waals surface area contributed by atoms with E-state index in [0.717, 1.165) is 16.5 Å². The van der Waals surface area contributed by atoms with Crippen LogP contribution >= 0.6 is 0 Å². The molecular weight excluding hydrogens is 277 g/mol. The summed E-state index contributed by atoms with van der Waals surface area (Å²) in [5.74, 6) is 0.591. The van der Waals surface area contributed by atoms with Gasteiger partial charge in [-0.3, -0.25) is 0 Å². The Morgan fingerprint density at radius 1 is 1.05 bits per heavy atom. The van der Waals surface area contributed by atoms with Crippen molar-refractivity contribution in [1.82, 2.24) is 4.98 Å². The van der Waals surface area contributed by atoms with E-state index in [0.29, 0.717) is 17.8 Å². The number of aromatic nitrogens is 1. The van der Waals surface area contributed by atoms with E-state index >= 15 is 0 Å². The van der Waals surface area contributed by atoms with Crippen molar-refractivity contribution in [2.24, 2.45) is 0 Å². The number of hydrogen-bond acceptors (Lipinski definition) is 4. The number of fused-ring (bicyclic) bond motifs is 1. The molecule has 2 N–H and O–H groups in total. The lowest BCUT2D eigenvalue weighted by Gasteiger charge is -2.10. The predicted octanol–water partition coefficient (Wildman–Crippen LogP) is 1.51. The standard InChI is InChI=1S/C17H16BNO3/c1-22-17-14(9-12-5-3-2-4-6-12)10-13-11-15(18(20)21)7-8-16(13)19-17/h2-8,10-11,20-21H,9H2,1H3. The molecule has 5 heteroatoms. The van der Waals surface area contributed by atoms with Gasteiger partial charge in [0.1, 0.15) is 0 Å². The average Bonchev–Trinajstić information content (AvgIpc) is 2.54. The highest BCUT2D eigenvalue weighted by atomic mass is 16.5. The van der Waals surface area contributed by atoms with Crippen molar-refractivity contribution < 1.29 is 14.8 Å². The van der Waals surface area contributed by atoms with Crippen LogP contribution in [0.2, 0.25) is 0 Å². The van der Waals surface area contributed by atoms with E-state index in [1.165, 1.54) is 5.56 Å². The normalized spacial score (nSPS) is 10.7. The Balaban J connectivity index is 2.07. The zero-order chi connectivity index (χ0) is 15.5. The maximum absolute atomic E-state index is 9.30. The minimum absolute atomic E-state index is 0.449. The molecule has 0 saturated heterocycles. The number of hydrogen-bond donors (Lipinski definition) is 2. The van der Waals surface area contributed by atoms with E-state index in [1.54, 1.807) is 25.3 Å². The molecule has 0 radical (unpaired) electrons. The van der Waals surface area contributed by atoms with E-state index < -0.39 is 7.12 Å². The van der Waals surface area contributed by atoms with E-state index in [1.807, 2.05) is 24.3 Å². The Labute approximate surface area is 129 Å². The van der Waals surface area contributed by atoms with Crippen LogP contribution in [0.15, 0.2) is 54.6 Å². The van der Waals surface area contributed by atoms with Crippen LogP contribution in [0.1, 0.15) is 11.1 Å². The molecule has 0 aliphatic carbocycles. The van der Waals surface area contributed by atoms with Crippen molar-refractivity contribution in [1.29, 1.82) is 0 Å². The SMILES string of the molecule is COc1nc2ccc(B(O)O)cc2cc1Cc1ccccc1. The average molecular weight is 293 g/mol. The fraction of sp³-hybridized carbons (Fsp3) is 0.118. The maximum Gasteiger partial charge on any atom is 0.488 e. The molecule has 0 atom stereocenters. The van der Waals surface area contributed by atoms with Crippen molar-refractivity contribution in [3.63, 3.8) is 0 Å². The Morgan fingerprint density at radius 3 is 2.50 bits per heavy atom. The number of benzene rings is 2. The molecule has 0 spiro atoms. The zero-order valence-corrected chi connectivity index (χ0v) is 12.2. The molecule has 4 nitrogen and oxygen atoms in total. The Bertz CT molecular complexity index is 791. The Kier molecular flexibility index (Phi) is 4.09. The number of pyridine rings is 1. The molecule has 3 rings (SSSR count). The number of nitrogens with zero attached hydrogens (tertiary/aromatic N) is 1. The van der Waals surface area contributed by atoms with Gasteiger partial charge in [-0.05, 0) is 23.2 Å². The Hall–Kier alpha value is -2.37. The molecule has 0 bridgehead atoms. The molecule has 22 heavy (non-hydrogen) atoms. The summed E-state index contributed by atoms with van der Waals surface area (Å²) < 4.78 is 5.39. The minimum atomic E-state index is -1.48. The molecule has 110 valence electrons. The van der Waals surface area contributed by atoms with Crippen LogP contribution < -0.4 is 10.2 Å². The molecule has 0 saturated carbocycles. The first kappa shape index (κ1) is 14.6. The van der Waals surface area contributed by atoms with Crippen LogP contribution in [0.4, 0.5) is 0 Å². The molecular formula is C17H16BNO3. The third kappa shape index (κ3) is 2.96. The highest BCUT2D eigenvalue weighted by Gasteiger charge is 2.13. The molecule has 2 aromatic carbocycles. The summed E-state index contributed by atoms with van der Waals surface area (Å²) in [4.78, 5) is 4.50. The molecule has 0 aliphatic heterocycles. The summed E-state index contributed by atoms with van der Waals surface area (Å²) in [5, 5.41) is 19.5. The zero-order valence-electron chi connectivity index (χ0n) is 12.2. The maximum atomic E-state index is 9.30. The number of methoxy groups -OCH3 is 1. The summed E-state index contributed by atoms with van der Waals surface area (Å²) >= 11 is 0. The van der Waals surface area contributed by atoms with Crippen molar-refractivity contribution >= 4 is 23.5 Å². The monoisotopic (exact) mass is 293 g/mol. The summed E-state index contributed by atoms with van der Waals surface area (Å²) in [6.45, 7) is 0. The van der Waals surface area contributed by atoms with Gasteiger partial charge < -0.3 is 14.8 Å². The van der Waals surface area contributed by atoms with E-state index in [9.17, 15) is 10.0 Å². The molecule has 1 heterocycles. The summed E-state index contributed by atoms with van der Waals surface area (Å²) in [6, 6.07) is 17.2. The van der Waals surface area contributed by atoms with Gasteiger partial charge in [0.05, 0.1) is 12.6 Å². The van der Waals surface area contributed by atoms with Gasteiger partial charge in [0.25, 0.3) is 0 Å². The van der Waals surface area contributed by atoms with Gasteiger partial charge in [0.15, 0.2) is 0 Å². The quantitative estimate of drug-likeness (QED) is 0.716. The topological polar surface area (TPSA) is 62.6 Å². The largest absolute Gasteiger partial charge is 0.488 e. The molecule has 0 unspecified atom stereocenters. The second kappa shape index (κ2) is 6.18. The minimum Gasteiger partial charge on any atom is -0.481 e. The van der Waals surface area contributed by atoms with Crippen molar-refractivity contribution in [3.8, 4) is 5.88 Å². The smallest absolute Gasteiger partial charge is 0.481 e. The lowest BCUT2D eigenvalue weighted by molar-refractivity contribution is 0.395. The number of ether oxygens (including phenoxy) is 1. The summed E-state index contributed by atoms with van der Waals surface area (Å²) in [7, 11) is 0.123. The van der Waals surface area contributed by atoms with Crippen LogP contribution in [0.25, 0.3) is 10.9 Å². The van der Waals surface area contributed by atoms with Gasteiger partial charge in [-0.1, -0.05) is 42.5 Å². The van der Waals surface area contributed by atoms with Crippen molar-refractivity contribution in [2.75, 3.05) is 7.11 Å². The molecule has 0 fully saturated rings. The van der Waals surface area contributed by atoms with Gasteiger partial charge in [0, 0.05) is 17.4 Å². The second-order valence-corrected chi connectivity index (χ2v) is 5.14. The van der Waals surface area contributed by atoms with Gasteiger partial charge in [-0.25, -0.2) is 4.98 Å². The fourth-order valence-electron chi connectivity index (χ4n) is 2.50. The van der Waals surface area contributed by atoms with Crippen LogP contribution in [-0.4, -0.2) is 29.3 Å². The van der Waals surface area contributed by atoms with Gasteiger partial charge in [-0.2, -0.15) is 0 Å². The van der Waals surface area contributed by atoms with Crippen LogP contribution in [0.3, 0.4) is 0 Å². The Morgan fingerprint density at radius 2 is 1.82 bits per heavy atom. The number of rotatable bonds is 4. The first-order chi connectivity index (χ1) is 10.7. The predicted molar refractivity (Wildman–Crippen MR) is 87.4 cm³/mol. The van der Waals surface area contributed by atoms with E-state index in [4.69, 9.17) is 4.74 Å². The van der Waals surface area contributed by atoms with Gasteiger partial charge >= 0.3 is 7.12 Å². The fourth-order valence-corrected chi connectivity index (χ4v) is 2.50. The van der Waals surface area contributed by atoms with Crippen LogP contribution in [-0.2, 0) is 6.42 Å². The van der Waals surface area contributed by atoms with Gasteiger partial charge in [0.2, 0.25) is 5.88 Å². The highest BCUT2D eigenvalue weighted by molar-refractivity contribution is 6.58.